The zero-order valence-electron chi connectivity index (χ0n) is 9.00. The van der Waals surface area contributed by atoms with E-state index in [4.69, 9.17) is 10.2 Å². The van der Waals surface area contributed by atoms with Gasteiger partial charge in [0.2, 0.25) is 0 Å². The highest BCUT2D eigenvalue weighted by Gasteiger charge is 2.22. The van der Waals surface area contributed by atoms with Gasteiger partial charge in [-0.25, -0.2) is 4.98 Å². The summed E-state index contributed by atoms with van der Waals surface area (Å²) in [7, 11) is 0. The number of hydrogen-bond donors (Lipinski definition) is 1. The summed E-state index contributed by atoms with van der Waals surface area (Å²) in [6.07, 6.45) is 4.18. The Bertz CT molecular complexity index is 400. The van der Waals surface area contributed by atoms with Gasteiger partial charge in [0.25, 0.3) is 5.22 Å². The minimum absolute atomic E-state index is 0.117. The first-order valence-electron chi connectivity index (χ1n) is 5.15. The number of nitrogens with two attached hydrogens (primary N) is 1. The van der Waals surface area contributed by atoms with E-state index in [1.54, 1.807) is 35.6 Å². The van der Waals surface area contributed by atoms with Gasteiger partial charge < -0.3 is 10.2 Å². The van der Waals surface area contributed by atoms with Crippen LogP contribution in [-0.4, -0.2) is 11.0 Å². The summed E-state index contributed by atoms with van der Waals surface area (Å²) in [6, 6.07) is 2.23. The van der Waals surface area contributed by atoms with Crippen molar-refractivity contribution in [2.24, 2.45) is 5.73 Å². The van der Waals surface area contributed by atoms with Crippen molar-refractivity contribution in [3.8, 4) is 0 Å². The van der Waals surface area contributed by atoms with E-state index in [-0.39, 0.29) is 11.3 Å². The zero-order valence-corrected chi connectivity index (χ0v) is 10.6. The van der Waals surface area contributed by atoms with Crippen LogP contribution in [0.5, 0.6) is 0 Å². The summed E-state index contributed by atoms with van der Waals surface area (Å²) in [5.74, 6) is 0. The number of hydrogen-bond acceptors (Lipinski definition) is 5. The van der Waals surface area contributed by atoms with Gasteiger partial charge in [0.1, 0.15) is 6.26 Å². The topological polar surface area (TPSA) is 52.0 Å². The van der Waals surface area contributed by atoms with E-state index >= 15 is 0 Å². The van der Waals surface area contributed by atoms with E-state index in [0.717, 1.165) is 6.42 Å². The molecule has 0 saturated carbocycles. The first kappa shape index (κ1) is 11.7. The quantitative estimate of drug-likeness (QED) is 0.832. The Balaban J connectivity index is 2.15. The molecule has 86 valence electrons. The number of thioether (sulfide) groups is 1. The second kappa shape index (κ2) is 5.52. The molecule has 2 aromatic rings. The second-order valence-corrected chi connectivity index (χ2v) is 5.34. The minimum Gasteiger partial charge on any atom is -0.440 e. The average Bonchev–Trinajstić information content (AvgIpc) is 2.97. The fourth-order valence-electron chi connectivity index (χ4n) is 1.43. The fourth-order valence-corrected chi connectivity index (χ4v) is 3.31. The molecule has 0 saturated heterocycles. The Hall–Kier alpha value is -0.780. The molecule has 0 fully saturated rings. The lowest BCUT2D eigenvalue weighted by molar-refractivity contribution is 0.451. The SMILES string of the molecule is CCC(N)C(Sc1ncco1)c1ccsc1. The summed E-state index contributed by atoms with van der Waals surface area (Å²) in [6.45, 7) is 2.10. The van der Waals surface area contributed by atoms with Crippen LogP contribution in [0.3, 0.4) is 0 Å². The first-order valence-corrected chi connectivity index (χ1v) is 6.97. The monoisotopic (exact) mass is 254 g/mol. The van der Waals surface area contributed by atoms with Gasteiger partial charge in [-0.05, 0) is 28.8 Å². The molecular weight excluding hydrogens is 240 g/mol. The van der Waals surface area contributed by atoms with Crippen LogP contribution in [0.2, 0.25) is 0 Å². The molecule has 16 heavy (non-hydrogen) atoms. The lowest BCUT2D eigenvalue weighted by atomic mass is 10.1. The summed E-state index contributed by atoms with van der Waals surface area (Å²) < 4.78 is 5.26. The van der Waals surface area contributed by atoms with Crippen molar-refractivity contribution in [2.75, 3.05) is 0 Å². The normalized spacial score (nSPS) is 14.9. The zero-order chi connectivity index (χ0) is 11.4. The number of aromatic nitrogens is 1. The molecule has 3 nitrogen and oxygen atoms in total. The molecule has 2 heterocycles. The maximum absolute atomic E-state index is 6.14. The molecule has 0 spiro atoms. The van der Waals surface area contributed by atoms with Gasteiger partial charge in [-0.2, -0.15) is 11.3 Å². The van der Waals surface area contributed by atoms with Crippen LogP contribution in [0.25, 0.3) is 0 Å². The van der Waals surface area contributed by atoms with Crippen LogP contribution in [0.4, 0.5) is 0 Å². The standard InChI is InChI=1S/C11H14N2OS2/c1-2-9(12)10(8-3-6-15-7-8)16-11-13-4-5-14-11/h3-7,9-10H,2,12H2,1H3. The molecule has 0 aromatic carbocycles. The van der Waals surface area contributed by atoms with Crippen molar-refractivity contribution in [3.63, 3.8) is 0 Å². The van der Waals surface area contributed by atoms with E-state index in [1.165, 1.54) is 5.56 Å². The Labute approximate surface area is 103 Å². The second-order valence-electron chi connectivity index (χ2n) is 3.47. The molecule has 0 amide bonds. The maximum atomic E-state index is 6.14. The molecular formula is C11H14N2OS2. The van der Waals surface area contributed by atoms with Gasteiger partial charge in [0, 0.05) is 6.04 Å². The smallest absolute Gasteiger partial charge is 0.256 e. The summed E-state index contributed by atoms with van der Waals surface area (Å²) in [5.41, 5.74) is 7.39. The third-order valence-electron chi connectivity index (χ3n) is 2.37. The third kappa shape index (κ3) is 2.66. The van der Waals surface area contributed by atoms with Crippen LogP contribution in [0, 0.1) is 0 Å². The third-order valence-corrected chi connectivity index (χ3v) is 4.35. The molecule has 2 atom stereocenters. The van der Waals surface area contributed by atoms with E-state index < -0.39 is 0 Å². The van der Waals surface area contributed by atoms with Crippen LogP contribution < -0.4 is 5.73 Å². The molecule has 0 radical (unpaired) electrons. The maximum Gasteiger partial charge on any atom is 0.256 e. The molecule has 2 aromatic heterocycles. The Morgan fingerprint density at radius 3 is 3.06 bits per heavy atom. The number of rotatable bonds is 5. The van der Waals surface area contributed by atoms with Crippen LogP contribution >= 0.6 is 23.1 Å². The van der Waals surface area contributed by atoms with Crippen molar-refractivity contribution in [1.82, 2.24) is 4.98 Å². The van der Waals surface area contributed by atoms with E-state index in [9.17, 15) is 0 Å². The lowest BCUT2D eigenvalue weighted by Gasteiger charge is -2.19. The molecule has 0 aliphatic carbocycles. The summed E-state index contributed by atoms with van der Waals surface area (Å²) >= 11 is 3.28. The van der Waals surface area contributed by atoms with Crippen molar-refractivity contribution >= 4 is 23.1 Å². The minimum atomic E-state index is 0.117. The van der Waals surface area contributed by atoms with E-state index in [0.29, 0.717) is 5.22 Å². The number of thiophene rings is 1. The highest BCUT2D eigenvalue weighted by atomic mass is 32.2. The molecule has 2 N–H and O–H groups in total. The molecule has 5 heteroatoms. The van der Waals surface area contributed by atoms with Crippen molar-refractivity contribution < 1.29 is 4.42 Å². The van der Waals surface area contributed by atoms with Gasteiger partial charge in [0.05, 0.1) is 11.4 Å². The number of nitrogens with zero attached hydrogens (tertiary/aromatic N) is 1. The van der Waals surface area contributed by atoms with Gasteiger partial charge in [-0.1, -0.05) is 18.7 Å². The van der Waals surface area contributed by atoms with Crippen LogP contribution in [0.1, 0.15) is 24.2 Å². The Morgan fingerprint density at radius 1 is 1.62 bits per heavy atom. The average molecular weight is 254 g/mol. The lowest BCUT2D eigenvalue weighted by Crippen LogP contribution is -2.25. The fraction of sp³-hybridized carbons (Fsp3) is 0.364. The van der Waals surface area contributed by atoms with Crippen molar-refractivity contribution in [2.45, 2.75) is 29.9 Å². The molecule has 2 unspecified atom stereocenters. The van der Waals surface area contributed by atoms with E-state index in [1.807, 2.05) is 0 Å². The molecule has 0 bridgehead atoms. The van der Waals surface area contributed by atoms with E-state index in [2.05, 4.69) is 28.7 Å². The van der Waals surface area contributed by atoms with Gasteiger partial charge in [-0.3, -0.25) is 0 Å². The van der Waals surface area contributed by atoms with Crippen molar-refractivity contribution in [1.29, 1.82) is 0 Å². The summed E-state index contributed by atoms with van der Waals surface area (Å²) in [5, 5.41) is 5.10. The summed E-state index contributed by atoms with van der Waals surface area (Å²) in [4.78, 5) is 4.13. The Morgan fingerprint density at radius 2 is 2.50 bits per heavy atom. The van der Waals surface area contributed by atoms with Gasteiger partial charge in [0.15, 0.2) is 0 Å². The van der Waals surface area contributed by atoms with Gasteiger partial charge >= 0.3 is 0 Å². The van der Waals surface area contributed by atoms with Crippen LogP contribution in [0.15, 0.2) is 38.9 Å². The largest absolute Gasteiger partial charge is 0.440 e. The first-order chi connectivity index (χ1) is 7.81. The Kier molecular flexibility index (Phi) is 4.04. The highest BCUT2D eigenvalue weighted by Crippen LogP contribution is 2.37. The van der Waals surface area contributed by atoms with Crippen molar-refractivity contribution in [3.05, 3.63) is 34.8 Å². The highest BCUT2D eigenvalue weighted by molar-refractivity contribution is 7.99. The molecule has 2 rings (SSSR count). The molecule has 0 aliphatic rings. The van der Waals surface area contributed by atoms with Gasteiger partial charge in [-0.15, -0.1) is 0 Å². The van der Waals surface area contributed by atoms with Crippen LogP contribution in [-0.2, 0) is 0 Å². The number of oxazole rings is 1. The predicted octanol–water partition coefficient (Wildman–Crippen LogP) is 3.31. The molecule has 0 aliphatic heterocycles. The predicted molar refractivity (Wildman–Crippen MR) is 67.7 cm³/mol.